The first-order valence-electron chi connectivity index (χ1n) is 5.53. The van der Waals surface area contributed by atoms with Crippen LogP contribution in [0.3, 0.4) is 0 Å². The highest BCUT2D eigenvalue weighted by Gasteiger charge is 2.25. The molecule has 0 atom stereocenters. The molecule has 1 heterocycles. The minimum atomic E-state index is 0.00387. The van der Waals surface area contributed by atoms with Crippen molar-refractivity contribution in [3.63, 3.8) is 0 Å². The minimum Gasteiger partial charge on any atom is -0.321 e. The Bertz CT molecular complexity index is 451. The maximum Gasteiger partial charge on any atom is 0.257 e. The van der Waals surface area contributed by atoms with E-state index >= 15 is 0 Å². The van der Waals surface area contributed by atoms with Crippen molar-refractivity contribution in [1.29, 1.82) is 0 Å². The number of allylic oxidation sites excluding steroid dienone is 1. The Morgan fingerprint density at radius 3 is 2.88 bits per heavy atom. The Kier molecular flexibility index (Phi) is 3.44. The van der Waals surface area contributed by atoms with Gasteiger partial charge in [0.1, 0.15) is 0 Å². The summed E-state index contributed by atoms with van der Waals surface area (Å²) in [5.74, 6) is 0.00387. The predicted octanol–water partition coefficient (Wildman–Crippen LogP) is 3.93. The monoisotopic (exact) mass is 279 g/mol. The van der Waals surface area contributed by atoms with Crippen LogP contribution in [0, 0.1) is 0 Å². The van der Waals surface area contributed by atoms with Gasteiger partial charge in [-0.3, -0.25) is 4.79 Å². The van der Waals surface area contributed by atoms with Crippen molar-refractivity contribution in [2.45, 2.75) is 26.2 Å². The second-order valence-corrected chi connectivity index (χ2v) is 4.84. The van der Waals surface area contributed by atoms with Gasteiger partial charge < -0.3 is 5.32 Å². The molecule has 2 rings (SSSR count). The first kappa shape index (κ1) is 11.4. The maximum atomic E-state index is 11.8. The van der Waals surface area contributed by atoms with Crippen molar-refractivity contribution in [1.82, 2.24) is 0 Å². The number of nitrogens with one attached hydrogen (secondary N) is 1. The number of para-hydroxylation sites is 1. The lowest BCUT2D eigenvalue weighted by molar-refractivity contribution is -0.110. The number of anilines is 1. The van der Waals surface area contributed by atoms with Gasteiger partial charge in [-0.1, -0.05) is 47.5 Å². The molecule has 84 valence electrons. The van der Waals surface area contributed by atoms with E-state index in [9.17, 15) is 4.79 Å². The molecule has 1 aromatic rings. The smallest absolute Gasteiger partial charge is 0.257 e. The number of amides is 1. The van der Waals surface area contributed by atoms with Gasteiger partial charge in [-0.15, -0.1) is 0 Å². The highest BCUT2D eigenvalue weighted by molar-refractivity contribution is 9.11. The van der Waals surface area contributed by atoms with Crippen LogP contribution < -0.4 is 5.32 Å². The first-order valence-corrected chi connectivity index (χ1v) is 6.32. The van der Waals surface area contributed by atoms with Gasteiger partial charge in [-0.05, 0) is 18.9 Å². The van der Waals surface area contributed by atoms with E-state index in [0.717, 1.165) is 40.6 Å². The van der Waals surface area contributed by atoms with Crippen LogP contribution in [0.2, 0.25) is 0 Å². The molecular weight excluding hydrogens is 266 g/mol. The van der Waals surface area contributed by atoms with Gasteiger partial charge in [-0.2, -0.15) is 0 Å². The summed E-state index contributed by atoms with van der Waals surface area (Å²) in [7, 11) is 0. The van der Waals surface area contributed by atoms with Crippen molar-refractivity contribution in [2.75, 3.05) is 5.32 Å². The predicted molar refractivity (Wildman–Crippen MR) is 70.4 cm³/mol. The molecule has 3 heteroatoms. The van der Waals surface area contributed by atoms with Crippen LogP contribution in [0.1, 0.15) is 31.7 Å². The summed E-state index contributed by atoms with van der Waals surface area (Å²) in [6, 6.07) is 7.80. The van der Waals surface area contributed by atoms with Crippen molar-refractivity contribution < 1.29 is 4.79 Å². The zero-order chi connectivity index (χ0) is 11.5. The molecule has 1 aliphatic heterocycles. The van der Waals surface area contributed by atoms with Crippen molar-refractivity contribution in [2.24, 2.45) is 0 Å². The fourth-order valence-electron chi connectivity index (χ4n) is 1.84. The molecule has 0 fully saturated rings. The molecule has 0 saturated heterocycles. The second-order valence-electron chi connectivity index (χ2n) is 3.88. The molecule has 0 spiro atoms. The van der Waals surface area contributed by atoms with Crippen LogP contribution in [-0.2, 0) is 4.79 Å². The first-order chi connectivity index (χ1) is 7.74. The largest absolute Gasteiger partial charge is 0.321 e. The number of fused-ring (bicyclic) bond motifs is 1. The Balaban J connectivity index is 2.38. The summed E-state index contributed by atoms with van der Waals surface area (Å²) >= 11 is 3.53. The number of halogens is 1. The van der Waals surface area contributed by atoms with Gasteiger partial charge >= 0.3 is 0 Å². The normalized spacial score (nSPS) is 17.0. The lowest BCUT2D eigenvalue weighted by Crippen LogP contribution is -2.04. The highest BCUT2D eigenvalue weighted by atomic mass is 79.9. The molecule has 1 N–H and O–H groups in total. The van der Waals surface area contributed by atoms with Crippen LogP contribution in [0.4, 0.5) is 5.69 Å². The zero-order valence-electron chi connectivity index (χ0n) is 9.22. The third-order valence-corrected chi connectivity index (χ3v) is 3.49. The Hall–Kier alpha value is -1.09. The Labute approximate surface area is 104 Å². The average Bonchev–Trinajstić information content (AvgIpc) is 2.62. The van der Waals surface area contributed by atoms with E-state index in [1.165, 1.54) is 0 Å². The standard InChI is InChI=1S/C13H14BrNO/c1-2-3-7-10(14)12-9-6-4-5-8-11(9)15-13(12)16/h4-6,8H,2-3,7H2,1H3,(H,15,16)/b12-10-. The molecule has 0 unspecified atom stereocenters. The van der Waals surface area contributed by atoms with Crippen molar-refractivity contribution in [3.8, 4) is 0 Å². The van der Waals surface area contributed by atoms with Gasteiger partial charge in [0.2, 0.25) is 0 Å². The lowest BCUT2D eigenvalue weighted by atomic mass is 10.1. The van der Waals surface area contributed by atoms with Crippen molar-refractivity contribution >= 4 is 33.1 Å². The molecule has 0 aromatic heterocycles. The summed E-state index contributed by atoms with van der Waals surface area (Å²) in [6.45, 7) is 2.15. The lowest BCUT2D eigenvalue weighted by Gasteiger charge is -2.02. The molecule has 1 amide bonds. The van der Waals surface area contributed by atoms with Gasteiger partial charge in [0.25, 0.3) is 5.91 Å². The molecular formula is C13H14BrNO. The quantitative estimate of drug-likeness (QED) is 0.835. The van der Waals surface area contributed by atoms with Gasteiger partial charge in [0, 0.05) is 15.7 Å². The van der Waals surface area contributed by atoms with Gasteiger partial charge in [0.15, 0.2) is 0 Å². The third-order valence-electron chi connectivity index (χ3n) is 2.69. The Morgan fingerprint density at radius 2 is 2.12 bits per heavy atom. The summed E-state index contributed by atoms with van der Waals surface area (Å²) in [5, 5.41) is 2.88. The SMILES string of the molecule is CCCC/C(Br)=C1/C(=O)Nc2ccccc21. The van der Waals surface area contributed by atoms with Crippen LogP contribution in [0.5, 0.6) is 0 Å². The number of hydrogen-bond acceptors (Lipinski definition) is 1. The number of rotatable bonds is 3. The molecule has 0 aliphatic carbocycles. The van der Waals surface area contributed by atoms with E-state index in [0.29, 0.717) is 0 Å². The molecule has 0 bridgehead atoms. The van der Waals surface area contributed by atoms with E-state index in [4.69, 9.17) is 0 Å². The number of carbonyl (C=O) groups excluding carboxylic acids is 1. The number of benzene rings is 1. The minimum absolute atomic E-state index is 0.00387. The van der Waals surface area contributed by atoms with Crippen LogP contribution in [-0.4, -0.2) is 5.91 Å². The van der Waals surface area contributed by atoms with Crippen LogP contribution >= 0.6 is 15.9 Å². The number of hydrogen-bond donors (Lipinski definition) is 1. The number of unbranched alkanes of at least 4 members (excludes halogenated alkanes) is 1. The highest BCUT2D eigenvalue weighted by Crippen LogP contribution is 2.36. The average molecular weight is 280 g/mol. The van der Waals surface area contributed by atoms with E-state index in [-0.39, 0.29) is 5.91 Å². The van der Waals surface area contributed by atoms with Gasteiger partial charge in [0.05, 0.1) is 5.57 Å². The Morgan fingerprint density at radius 1 is 1.38 bits per heavy atom. The summed E-state index contributed by atoms with van der Waals surface area (Å²) < 4.78 is 1.01. The second kappa shape index (κ2) is 4.83. The van der Waals surface area contributed by atoms with Crippen LogP contribution in [0.25, 0.3) is 5.57 Å². The van der Waals surface area contributed by atoms with E-state index < -0.39 is 0 Å². The number of carbonyl (C=O) groups is 1. The topological polar surface area (TPSA) is 29.1 Å². The summed E-state index contributed by atoms with van der Waals surface area (Å²) in [4.78, 5) is 11.8. The maximum absolute atomic E-state index is 11.8. The van der Waals surface area contributed by atoms with Crippen LogP contribution in [0.15, 0.2) is 28.7 Å². The van der Waals surface area contributed by atoms with E-state index in [1.807, 2.05) is 24.3 Å². The summed E-state index contributed by atoms with van der Waals surface area (Å²) in [6.07, 6.45) is 3.15. The molecule has 0 saturated carbocycles. The van der Waals surface area contributed by atoms with Gasteiger partial charge in [-0.25, -0.2) is 0 Å². The fraction of sp³-hybridized carbons (Fsp3) is 0.308. The zero-order valence-corrected chi connectivity index (χ0v) is 10.8. The molecule has 2 nitrogen and oxygen atoms in total. The van der Waals surface area contributed by atoms with E-state index in [2.05, 4.69) is 28.2 Å². The molecule has 1 aromatic carbocycles. The molecule has 1 aliphatic rings. The third kappa shape index (κ3) is 2.05. The molecule has 16 heavy (non-hydrogen) atoms. The fourth-order valence-corrected chi connectivity index (χ4v) is 2.52. The summed E-state index contributed by atoms with van der Waals surface area (Å²) in [5.41, 5.74) is 2.72. The molecule has 0 radical (unpaired) electrons. The van der Waals surface area contributed by atoms with Crippen molar-refractivity contribution in [3.05, 3.63) is 34.3 Å². The van der Waals surface area contributed by atoms with E-state index in [1.54, 1.807) is 0 Å².